The van der Waals surface area contributed by atoms with Gasteiger partial charge in [0.2, 0.25) is 16.0 Å². The van der Waals surface area contributed by atoms with E-state index >= 15 is 0 Å². The molecule has 8 heteroatoms. The van der Waals surface area contributed by atoms with Gasteiger partial charge >= 0.3 is 0 Å². The Balaban J connectivity index is 2.42. The van der Waals surface area contributed by atoms with E-state index in [4.69, 9.17) is 5.84 Å². The number of guanidine groups is 1. The van der Waals surface area contributed by atoms with Crippen molar-refractivity contribution in [2.24, 2.45) is 10.8 Å². The molecular weight excluding hydrogens is 254 g/mol. The summed E-state index contributed by atoms with van der Waals surface area (Å²) in [5.74, 6) is 5.81. The van der Waals surface area contributed by atoms with Crippen LogP contribution in [0.1, 0.15) is 25.7 Å². The molecule has 1 aliphatic carbocycles. The topological polar surface area (TPSA) is 99.8 Å². The summed E-state index contributed by atoms with van der Waals surface area (Å²) >= 11 is 0. The van der Waals surface area contributed by atoms with Gasteiger partial charge in [0.05, 0.1) is 12.3 Å². The fourth-order valence-electron chi connectivity index (χ4n) is 1.85. The molecule has 0 heterocycles. The maximum atomic E-state index is 11.5. The molecular formula is C10H23N5O2S. The number of hydrogen-bond acceptors (Lipinski definition) is 4. The van der Waals surface area contributed by atoms with Gasteiger partial charge in [-0.2, -0.15) is 0 Å². The standard InChI is InChI=1S/C10H23N5O2S/c1-15(2)18(16,17)8-7-12-10(14-11)13-9-5-3-4-6-9/h9H,3-8,11H2,1-2H3,(H2,12,13,14). The fraction of sp³-hybridized carbons (Fsp3) is 0.900. The second-order valence-electron chi connectivity index (χ2n) is 4.60. The zero-order chi connectivity index (χ0) is 13.6. The number of nitrogens with zero attached hydrogens (tertiary/aromatic N) is 2. The van der Waals surface area contributed by atoms with Crippen molar-refractivity contribution in [3.63, 3.8) is 0 Å². The Labute approximate surface area is 109 Å². The normalized spacial score (nSPS) is 18.3. The second-order valence-corrected chi connectivity index (χ2v) is 6.90. The highest BCUT2D eigenvalue weighted by Crippen LogP contribution is 2.17. The van der Waals surface area contributed by atoms with Crippen molar-refractivity contribution in [1.29, 1.82) is 0 Å². The lowest BCUT2D eigenvalue weighted by atomic mass is 10.2. The first kappa shape index (κ1) is 15.2. The quantitative estimate of drug-likeness (QED) is 0.265. The van der Waals surface area contributed by atoms with Crippen molar-refractivity contribution in [2.75, 3.05) is 26.4 Å². The van der Waals surface area contributed by atoms with Gasteiger partial charge in [-0.3, -0.25) is 10.4 Å². The van der Waals surface area contributed by atoms with Gasteiger partial charge in [0.1, 0.15) is 0 Å². The molecule has 0 aromatic rings. The molecule has 0 aromatic heterocycles. The predicted molar refractivity (Wildman–Crippen MR) is 72.5 cm³/mol. The van der Waals surface area contributed by atoms with Crippen LogP contribution in [0, 0.1) is 0 Å². The van der Waals surface area contributed by atoms with E-state index in [2.05, 4.69) is 15.7 Å². The van der Waals surface area contributed by atoms with Crippen molar-refractivity contribution in [3.05, 3.63) is 0 Å². The van der Waals surface area contributed by atoms with Gasteiger partial charge in [-0.15, -0.1) is 0 Å². The maximum absolute atomic E-state index is 11.5. The molecule has 0 saturated heterocycles. The van der Waals surface area contributed by atoms with Crippen molar-refractivity contribution in [2.45, 2.75) is 31.7 Å². The van der Waals surface area contributed by atoms with E-state index in [-0.39, 0.29) is 12.3 Å². The lowest BCUT2D eigenvalue weighted by molar-refractivity contribution is 0.520. The molecule has 7 nitrogen and oxygen atoms in total. The minimum absolute atomic E-state index is 0.0163. The van der Waals surface area contributed by atoms with Crippen LogP contribution in [0.3, 0.4) is 0 Å². The molecule has 4 N–H and O–H groups in total. The first-order chi connectivity index (χ1) is 8.45. The number of rotatable bonds is 5. The van der Waals surface area contributed by atoms with Crippen LogP contribution >= 0.6 is 0 Å². The Morgan fingerprint density at radius 3 is 2.50 bits per heavy atom. The second kappa shape index (κ2) is 6.91. The van der Waals surface area contributed by atoms with Crippen molar-refractivity contribution in [3.8, 4) is 0 Å². The van der Waals surface area contributed by atoms with Gasteiger partial charge in [-0.05, 0) is 12.8 Å². The summed E-state index contributed by atoms with van der Waals surface area (Å²) in [7, 11) is -0.176. The van der Waals surface area contributed by atoms with Crippen LogP contribution in [-0.2, 0) is 10.0 Å². The van der Waals surface area contributed by atoms with Crippen LogP contribution in [-0.4, -0.2) is 51.1 Å². The first-order valence-corrected chi connectivity index (χ1v) is 7.74. The molecule has 0 unspecified atom stereocenters. The summed E-state index contributed by atoms with van der Waals surface area (Å²) in [6.45, 7) is 0.194. The monoisotopic (exact) mass is 277 g/mol. The SMILES string of the molecule is CN(C)S(=O)(=O)CCN=C(NN)NC1CCCC1. The fourth-order valence-corrected chi connectivity index (χ4v) is 2.54. The molecule has 1 rings (SSSR count). The lowest BCUT2D eigenvalue weighted by Gasteiger charge is -2.15. The number of hydrazine groups is 1. The minimum atomic E-state index is -3.20. The summed E-state index contributed by atoms with van der Waals surface area (Å²) in [6, 6.07) is 0.394. The molecule has 1 aliphatic rings. The summed E-state index contributed by atoms with van der Waals surface area (Å²) < 4.78 is 24.3. The minimum Gasteiger partial charge on any atom is -0.353 e. The molecule has 0 amide bonds. The number of nitrogens with two attached hydrogens (primary N) is 1. The summed E-state index contributed by atoms with van der Waals surface area (Å²) in [5, 5.41) is 3.19. The van der Waals surface area contributed by atoms with Gasteiger partial charge in [-0.25, -0.2) is 18.6 Å². The number of aliphatic imine (C=N–C) groups is 1. The smallest absolute Gasteiger partial charge is 0.215 e. The summed E-state index contributed by atoms with van der Waals surface area (Å²) in [4.78, 5) is 4.14. The van der Waals surface area contributed by atoms with E-state index in [0.29, 0.717) is 12.0 Å². The molecule has 0 bridgehead atoms. The predicted octanol–water partition coefficient (Wildman–Crippen LogP) is -0.771. The molecule has 0 aliphatic heterocycles. The van der Waals surface area contributed by atoms with E-state index in [1.165, 1.54) is 31.2 Å². The number of nitrogens with one attached hydrogen (secondary N) is 2. The van der Waals surface area contributed by atoms with Crippen LogP contribution in [0.5, 0.6) is 0 Å². The Bertz CT molecular complexity index is 374. The van der Waals surface area contributed by atoms with Crippen LogP contribution in [0.15, 0.2) is 4.99 Å². The number of hydrogen-bond donors (Lipinski definition) is 3. The molecule has 1 fully saturated rings. The molecule has 18 heavy (non-hydrogen) atoms. The summed E-state index contributed by atoms with van der Waals surface area (Å²) in [5.41, 5.74) is 2.47. The summed E-state index contributed by atoms with van der Waals surface area (Å²) in [6.07, 6.45) is 4.64. The highest BCUT2D eigenvalue weighted by atomic mass is 32.2. The zero-order valence-corrected chi connectivity index (χ0v) is 11.8. The highest BCUT2D eigenvalue weighted by Gasteiger charge is 2.16. The molecule has 0 atom stereocenters. The highest BCUT2D eigenvalue weighted by molar-refractivity contribution is 7.89. The average Bonchev–Trinajstić information content (AvgIpc) is 2.80. The third-order valence-electron chi connectivity index (χ3n) is 3.01. The Kier molecular flexibility index (Phi) is 5.83. The van der Waals surface area contributed by atoms with Crippen molar-refractivity contribution < 1.29 is 8.42 Å². The lowest BCUT2D eigenvalue weighted by Crippen LogP contribution is -2.45. The van der Waals surface area contributed by atoms with E-state index in [1.54, 1.807) is 0 Å². The molecule has 0 spiro atoms. The molecule has 106 valence electrons. The van der Waals surface area contributed by atoms with Gasteiger partial charge < -0.3 is 5.32 Å². The molecule has 0 aromatic carbocycles. The van der Waals surface area contributed by atoms with E-state index in [0.717, 1.165) is 12.8 Å². The largest absolute Gasteiger partial charge is 0.353 e. The van der Waals surface area contributed by atoms with Crippen molar-refractivity contribution in [1.82, 2.24) is 15.0 Å². The van der Waals surface area contributed by atoms with Crippen LogP contribution in [0.25, 0.3) is 0 Å². The van der Waals surface area contributed by atoms with Gasteiger partial charge in [0, 0.05) is 20.1 Å². The maximum Gasteiger partial charge on any atom is 0.215 e. The van der Waals surface area contributed by atoms with E-state index < -0.39 is 10.0 Å². The Morgan fingerprint density at radius 1 is 1.39 bits per heavy atom. The first-order valence-electron chi connectivity index (χ1n) is 6.13. The number of sulfonamides is 1. The Morgan fingerprint density at radius 2 is 2.00 bits per heavy atom. The Hall–Kier alpha value is -0.860. The van der Waals surface area contributed by atoms with Crippen LogP contribution in [0.2, 0.25) is 0 Å². The van der Waals surface area contributed by atoms with Gasteiger partial charge in [0.25, 0.3) is 0 Å². The van der Waals surface area contributed by atoms with E-state index in [1.807, 2.05) is 0 Å². The van der Waals surface area contributed by atoms with Crippen LogP contribution < -0.4 is 16.6 Å². The van der Waals surface area contributed by atoms with Crippen molar-refractivity contribution >= 4 is 16.0 Å². The molecule has 1 saturated carbocycles. The third-order valence-corrected chi connectivity index (χ3v) is 4.82. The molecule has 0 radical (unpaired) electrons. The third kappa shape index (κ3) is 4.79. The van der Waals surface area contributed by atoms with Crippen LogP contribution in [0.4, 0.5) is 0 Å². The zero-order valence-electron chi connectivity index (χ0n) is 11.0. The van der Waals surface area contributed by atoms with Gasteiger partial charge in [-0.1, -0.05) is 12.8 Å². The van der Waals surface area contributed by atoms with E-state index in [9.17, 15) is 8.42 Å². The van der Waals surface area contributed by atoms with Gasteiger partial charge in [0.15, 0.2) is 0 Å². The average molecular weight is 277 g/mol.